The Morgan fingerprint density at radius 3 is 2.52 bits per heavy atom. The molecule has 1 atom stereocenters. The Bertz CT molecular complexity index is 698. The Balaban J connectivity index is 1.42. The summed E-state index contributed by atoms with van der Waals surface area (Å²) in [6, 6.07) is 0. The van der Waals surface area contributed by atoms with E-state index >= 15 is 0 Å². The molecule has 0 amide bonds. The zero-order valence-electron chi connectivity index (χ0n) is 14.9. The van der Waals surface area contributed by atoms with Crippen molar-refractivity contribution >= 4 is 0 Å². The Hall–Kier alpha value is -1.76. The van der Waals surface area contributed by atoms with Crippen LogP contribution in [-0.4, -0.2) is 30.0 Å². The number of nitrogens with zero attached hydrogens (tertiary/aromatic N) is 5. The summed E-state index contributed by atoms with van der Waals surface area (Å²) < 4.78 is 7.16. The summed E-state index contributed by atoms with van der Waals surface area (Å²) in [5.74, 6) is 3.44. The minimum atomic E-state index is -0.652. The highest BCUT2D eigenvalue weighted by molar-refractivity contribution is 5.09. The number of hydrogen-bond acceptors (Lipinski definition) is 6. The van der Waals surface area contributed by atoms with Crippen molar-refractivity contribution in [2.45, 2.75) is 76.2 Å². The van der Waals surface area contributed by atoms with Crippen LogP contribution in [0.3, 0.4) is 0 Å². The lowest BCUT2D eigenvalue weighted by molar-refractivity contribution is 0.0605. The van der Waals surface area contributed by atoms with Crippen LogP contribution >= 0.6 is 0 Å². The molecule has 2 aromatic rings. The average Bonchev–Trinajstić information content (AvgIpc) is 3.21. The van der Waals surface area contributed by atoms with Gasteiger partial charge >= 0.3 is 0 Å². The largest absolute Gasteiger partial charge is 0.383 e. The van der Waals surface area contributed by atoms with Gasteiger partial charge in [0.1, 0.15) is 11.9 Å². The van der Waals surface area contributed by atoms with Gasteiger partial charge in [-0.1, -0.05) is 37.3 Å². The van der Waals surface area contributed by atoms with Gasteiger partial charge in [-0.15, -0.1) is 0 Å². The number of aliphatic hydroxyl groups excluding tert-OH is 1. The maximum absolute atomic E-state index is 10.7. The molecule has 7 nitrogen and oxygen atoms in total. The van der Waals surface area contributed by atoms with Gasteiger partial charge in [0.2, 0.25) is 0 Å². The molecule has 136 valence electrons. The lowest BCUT2D eigenvalue weighted by atomic mass is 9.87. The number of hydrogen-bond donors (Lipinski definition) is 1. The maximum atomic E-state index is 10.7. The fourth-order valence-electron chi connectivity index (χ4n) is 3.71. The first-order chi connectivity index (χ1) is 12.2. The second-order valence-electron chi connectivity index (χ2n) is 7.56. The summed E-state index contributed by atoms with van der Waals surface area (Å²) in [6.45, 7) is 0. The first-order valence-corrected chi connectivity index (χ1v) is 9.61. The Morgan fingerprint density at radius 2 is 1.80 bits per heavy atom. The van der Waals surface area contributed by atoms with Gasteiger partial charge in [0.15, 0.2) is 11.6 Å². The van der Waals surface area contributed by atoms with E-state index in [1.807, 2.05) is 7.05 Å². The fourth-order valence-corrected chi connectivity index (χ4v) is 3.71. The quantitative estimate of drug-likeness (QED) is 0.896. The number of aliphatic hydroxyl groups is 1. The number of rotatable bonds is 5. The highest BCUT2D eigenvalue weighted by atomic mass is 16.5. The molecular formula is C18H27N5O2. The van der Waals surface area contributed by atoms with Crippen LogP contribution in [0, 0.1) is 5.92 Å². The standard InChI is InChI=1S/C18H27N5O2/c1-23-15(20-17(21-23)13-9-10-13)11-14-19-18(25-22-14)16(24)12-7-5-3-2-4-6-8-12/h12-13,16,24H,2-11H2,1H3. The average molecular weight is 345 g/mol. The van der Waals surface area contributed by atoms with Crippen molar-refractivity contribution in [1.82, 2.24) is 24.9 Å². The van der Waals surface area contributed by atoms with Gasteiger partial charge in [0.25, 0.3) is 5.89 Å². The highest BCUT2D eigenvalue weighted by Gasteiger charge is 2.29. The highest BCUT2D eigenvalue weighted by Crippen LogP contribution is 2.38. The molecule has 0 aliphatic heterocycles. The van der Waals surface area contributed by atoms with Gasteiger partial charge in [-0.25, -0.2) is 4.98 Å². The molecule has 2 fully saturated rings. The number of aryl methyl sites for hydroxylation is 1. The summed E-state index contributed by atoms with van der Waals surface area (Å²) in [5.41, 5.74) is 0. The van der Waals surface area contributed by atoms with Crippen LogP contribution < -0.4 is 0 Å². The molecule has 25 heavy (non-hydrogen) atoms. The molecule has 7 heteroatoms. The molecular weight excluding hydrogens is 318 g/mol. The minimum absolute atomic E-state index is 0.227. The zero-order chi connectivity index (χ0) is 17.2. The van der Waals surface area contributed by atoms with Crippen molar-refractivity contribution in [3.63, 3.8) is 0 Å². The smallest absolute Gasteiger partial charge is 0.255 e. The normalized spacial score (nSPS) is 21.0. The van der Waals surface area contributed by atoms with Crippen LogP contribution in [0.2, 0.25) is 0 Å². The monoisotopic (exact) mass is 345 g/mol. The molecule has 1 N–H and O–H groups in total. The molecule has 2 aromatic heterocycles. The summed E-state index contributed by atoms with van der Waals surface area (Å²) in [5, 5.41) is 19.2. The molecule has 1 unspecified atom stereocenters. The summed E-state index contributed by atoms with van der Waals surface area (Å²) in [6.07, 6.45) is 10.4. The SMILES string of the molecule is Cn1nc(C2CC2)nc1Cc1noc(C(O)C2CCCCCCC2)n1. The van der Waals surface area contributed by atoms with Gasteiger partial charge in [-0.3, -0.25) is 4.68 Å². The molecule has 2 heterocycles. The second kappa shape index (κ2) is 7.23. The van der Waals surface area contributed by atoms with Gasteiger partial charge in [-0.2, -0.15) is 10.1 Å². The Morgan fingerprint density at radius 1 is 1.08 bits per heavy atom. The zero-order valence-corrected chi connectivity index (χ0v) is 14.9. The van der Waals surface area contributed by atoms with Crippen LogP contribution in [0.4, 0.5) is 0 Å². The predicted octanol–water partition coefficient (Wildman–Crippen LogP) is 3.06. The van der Waals surface area contributed by atoms with Crippen molar-refractivity contribution in [2.24, 2.45) is 13.0 Å². The summed E-state index contributed by atoms with van der Waals surface area (Å²) in [4.78, 5) is 9.04. The van der Waals surface area contributed by atoms with Crippen molar-refractivity contribution in [2.75, 3.05) is 0 Å². The van der Waals surface area contributed by atoms with Crippen LogP contribution in [0.5, 0.6) is 0 Å². The topological polar surface area (TPSA) is 89.9 Å². The van der Waals surface area contributed by atoms with E-state index in [2.05, 4.69) is 20.2 Å². The lowest BCUT2D eigenvalue weighted by Crippen LogP contribution is -2.14. The molecule has 2 aliphatic carbocycles. The van der Waals surface area contributed by atoms with Crippen molar-refractivity contribution in [3.05, 3.63) is 23.4 Å². The summed E-state index contributed by atoms with van der Waals surface area (Å²) in [7, 11) is 1.90. The third-order valence-electron chi connectivity index (χ3n) is 5.46. The van der Waals surface area contributed by atoms with E-state index in [9.17, 15) is 5.11 Å². The van der Waals surface area contributed by atoms with Crippen LogP contribution in [0.25, 0.3) is 0 Å². The van der Waals surface area contributed by atoms with Gasteiger partial charge in [-0.05, 0) is 31.6 Å². The molecule has 2 aliphatic rings. The molecule has 0 aromatic carbocycles. The van der Waals surface area contributed by atoms with Gasteiger partial charge < -0.3 is 9.63 Å². The van der Waals surface area contributed by atoms with E-state index in [1.54, 1.807) is 4.68 Å². The van der Waals surface area contributed by atoms with E-state index in [1.165, 1.54) is 44.9 Å². The maximum Gasteiger partial charge on any atom is 0.255 e. The van der Waals surface area contributed by atoms with E-state index in [0.717, 1.165) is 24.5 Å². The molecule has 2 saturated carbocycles. The second-order valence-corrected chi connectivity index (χ2v) is 7.56. The van der Waals surface area contributed by atoms with Crippen molar-refractivity contribution in [3.8, 4) is 0 Å². The third kappa shape index (κ3) is 3.92. The molecule has 4 rings (SSSR count). The first kappa shape index (κ1) is 16.7. The Labute approximate surface area is 147 Å². The van der Waals surface area contributed by atoms with Crippen molar-refractivity contribution < 1.29 is 9.63 Å². The molecule has 0 bridgehead atoms. The summed E-state index contributed by atoms with van der Waals surface area (Å²) >= 11 is 0. The van der Waals surface area contributed by atoms with Crippen LogP contribution in [-0.2, 0) is 13.5 Å². The van der Waals surface area contributed by atoms with Gasteiger partial charge in [0, 0.05) is 13.0 Å². The third-order valence-corrected chi connectivity index (χ3v) is 5.46. The van der Waals surface area contributed by atoms with Crippen molar-refractivity contribution in [1.29, 1.82) is 0 Å². The minimum Gasteiger partial charge on any atom is -0.383 e. The van der Waals surface area contributed by atoms with E-state index in [4.69, 9.17) is 4.52 Å². The van der Waals surface area contributed by atoms with Crippen LogP contribution in [0.15, 0.2) is 4.52 Å². The van der Waals surface area contributed by atoms with E-state index < -0.39 is 6.10 Å². The van der Waals surface area contributed by atoms with E-state index in [-0.39, 0.29) is 5.92 Å². The molecule has 0 spiro atoms. The first-order valence-electron chi connectivity index (χ1n) is 9.61. The Kier molecular flexibility index (Phi) is 4.83. The van der Waals surface area contributed by atoms with Gasteiger partial charge in [0.05, 0.1) is 6.42 Å². The van der Waals surface area contributed by atoms with E-state index in [0.29, 0.717) is 24.1 Å². The lowest BCUT2D eigenvalue weighted by Gasteiger charge is -2.22. The molecule has 0 radical (unpaired) electrons. The fraction of sp³-hybridized carbons (Fsp3) is 0.778. The van der Waals surface area contributed by atoms with Crippen LogP contribution in [0.1, 0.15) is 93.2 Å². The number of aromatic nitrogens is 5. The predicted molar refractivity (Wildman–Crippen MR) is 90.9 cm³/mol. The molecule has 0 saturated heterocycles.